The van der Waals surface area contributed by atoms with Gasteiger partial charge in [0, 0.05) is 35.4 Å². The van der Waals surface area contributed by atoms with E-state index in [9.17, 15) is 14.9 Å². The Kier molecular flexibility index (Phi) is 4.67. The maximum atomic E-state index is 13.7. The third-order valence-electron chi connectivity index (χ3n) is 5.92. The van der Waals surface area contributed by atoms with Gasteiger partial charge in [-0.1, -0.05) is 36.4 Å². The highest BCUT2D eigenvalue weighted by Crippen LogP contribution is 2.49. The van der Waals surface area contributed by atoms with Crippen LogP contribution in [-0.2, 0) is 0 Å². The Morgan fingerprint density at radius 1 is 1.06 bits per heavy atom. The van der Waals surface area contributed by atoms with Crippen LogP contribution in [0.25, 0.3) is 0 Å². The van der Waals surface area contributed by atoms with Gasteiger partial charge in [0.15, 0.2) is 10.8 Å². The predicted molar refractivity (Wildman–Crippen MR) is 124 cm³/mol. The SMILES string of the molecule is CC12CC(c3ccccc3O1)N(C(=O)c1ccc([N+](=O)[O-])cc1)C(=S)N2c1ccccc1. The van der Waals surface area contributed by atoms with Crippen molar-refractivity contribution in [1.82, 2.24) is 4.90 Å². The number of carbonyl (C=O) groups excluding carboxylic acids is 1. The van der Waals surface area contributed by atoms with Gasteiger partial charge in [0.1, 0.15) is 5.75 Å². The third-order valence-corrected chi connectivity index (χ3v) is 6.30. The molecule has 5 rings (SSSR count). The van der Waals surface area contributed by atoms with Crippen LogP contribution in [0, 0.1) is 10.1 Å². The van der Waals surface area contributed by atoms with Gasteiger partial charge in [-0.25, -0.2) is 0 Å². The number of hydrogen-bond donors (Lipinski definition) is 0. The van der Waals surface area contributed by atoms with Crippen LogP contribution < -0.4 is 9.64 Å². The van der Waals surface area contributed by atoms with E-state index in [1.807, 2.05) is 66.4 Å². The summed E-state index contributed by atoms with van der Waals surface area (Å²) in [5.74, 6) is 0.394. The number of amides is 1. The van der Waals surface area contributed by atoms with Crippen LogP contribution in [-0.4, -0.2) is 26.6 Å². The number of benzene rings is 3. The van der Waals surface area contributed by atoms with Crippen molar-refractivity contribution in [2.45, 2.75) is 25.1 Å². The number of rotatable bonds is 3. The fraction of sp³-hybridized carbons (Fsp3) is 0.167. The minimum absolute atomic E-state index is 0.0716. The van der Waals surface area contributed by atoms with Crippen molar-refractivity contribution in [3.05, 3.63) is 100 Å². The van der Waals surface area contributed by atoms with Crippen molar-refractivity contribution in [3.63, 3.8) is 0 Å². The summed E-state index contributed by atoms with van der Waals surface area (Å²) >= 11 is 5.87. The molecule has 0 saturated carbocycles. The molecule has 0 aliphatic carbocycles. The van der Waals surface area contributed by atoms with Crippen LogP contribution >= 0.6 is 12.2 Å². The molecular formula is C24H19N3O4S. The van der Waals surface area contributed by atoms with Crippen molar-refractivity contribution in [2.24, 2.45) is 0 Å². The maximum Gasteiger partial charge on any atom is 0.269 e. The minimum atomic E-state index is -0.774. The molecule has 1 saturated heterocycles. The Bertz CT molecular complexity index is 1230. The predicted octanol–water partition coefficient (Wildman–Crippen LogP) is 5.08. The first-order chi connectivity index (χ1) is 15.4. The lowest BCUT2D eigenvalue weighted by molar-refractivity contribution is -0.384. The van der Waals surface area contributed by atoms with Crippen LogP contribution in [0.4, 0.5) is 11.4 Å². The monoisotopic (exact) mass is 445 g/mol. The van der Waals surface area contributed by atoms with Crippen molar-refractivity contribution >= 4 is 34.6 Å². The smallest absolute Gasteiger partial charge is 0.269 e. The van der Waals surface area contributed by atoms with Crippen molar-refractivity contribution in [1.29, 1.82) is 0 Å². The summed E-state index contributed by atoms with van der Waals surface area (Å²) in [6.45, 7) is 1.98. The van der Waals surface area contributed by atoms with E-state index in [4.69, 9.17) is 17.0 Å². The molecule has 32 heavy (non-hydrogen) atoms. The summed E-state index contributed by atoms with van der Waals surface area (Å²) in [5.41, 5.74) is 1.19. The second-order valence-electron chi connectivity index (χ2n) is 7.97. The van der Waals surface area contributed by atoms with E-state index in [1.165, 1.54) is 24.3 Å². The first-order valence-corrected chi connectivity index (χ1v) is 10.5. The number of nitro groups is 1. The second-order valence-corrected chi connectivity index (χ2v) is 8.33. The second kappa shape index (κ2) is 7.42. The summed E-state index contributed by atoms with van der Waals surface area (Å²) in [6.07, 6.45) is 0.512. The van der Waals surface area contributed by atoms with Gasteiger partial charge in [0.05, 0.1) is 11.0 Å². The average molecular weight is 446 g/mol. The highest BCUT2D eigenvalue weighted by Gasteiger charge is 2.53. The molecule has 3 aromatic carbocycles. The van der Waals surface area contributed by atoms with Crippen molar-refractivity contribution in [2.75, 3.05) is 4.90 Å². The molecule has 1 amide bonds. The highest BCUT2D eigenvalue weighted by atomic mass is 32.1. The quantitative estimate of drug-likeness (QED) is 0.318. The summed E-state index contributed by atoms with van der Waals surface area (Å²) < 4.78 is 6.43. The zero-order chi connectivity index (χ0) is 22.5. The van der Waals surface area contributed by atoms with Gasteiger partial charge in [-0.3, -0.25) is 24.7 Å². The molecule has 0 N–H and O–H groups in total. The fourth-order valence-corrected chi connectivity index (χ4v) is 4.97. The molecular weight excluding hydrogens is 426 g/mol. The molecule has 8 heteroatoms. The van der Waals surface area contributed by atoms with Crippen molar-refractivity contribution in [3.8, 4) is 5.75 Å². The Hall–Kier alpha value is -3.78. The van der Waals surface area contributed by atoms with Crippen molar-refractivity contribution < 1.29 is 14.5 Å². The van der Waals surface area contributed by atoms with Gasteiger partial charge in [0.25, 0.3) is 11.6 Å². The van der Waals surface area contributed by atoms with Gasteiger partial charge in [0.2, 0.25) is 0 Å². The number of non-ortho nitro benzene ring substituents is 1. The summed E-state index contributed by atoms with van der Waals surface area (Å²) in [5, 5.41) is 11.3. The third kappa shape index (κ3) is 3.11. The normalized spacial score (nSPS) is 21.5. The Labute approximate surface area is 190 Å². The van der Waals surface area contributed by atoms with Crippen LogP contribution in [0.3, 0.4) is 0 Å². The molecule has 160 valence electrons. The number of nitrogens with zero attached hydrogens (tertiary/aromatic N) is 3. The topological polar surface area (TPSA) is 75.9 Å². The number of carbonyl (C=O) groups is 1. The average Bonchev–Trinajstić information content (AvgIpc) is 2.79. The maximum absolute atomic E-state index is 13.7. The number of fused-ring (bicyclic) bond motifs is 4. The number of anilines is 1. The van der Waals surface area contributed by atoms with Gasteiger partial charge in [-0.15, -0.1) is 0 Å². The van der Waals surface area contributed by atoms with Gasteiger partial charge in [-0.2, -0.15) is 0 Å². The van der Waals surface area contributed by atoms with Gasteiger partial charge < -0.3 is 4.74 Å². The number of nitro benzene ring substituents is 1. The van der Waals surface area contributed by atoms with E-state index < -0.39 is 10.6 Å². The first-order valence-electron chi connectivity index (χ1n) is 10.1. The molecule has 2 atom stereocenters. The molecule has 3 aromatic rings. The van der Waals surface area contributed by atoms with E-state index in [0.717, 1.165) is 11.3 Å². The Morgan fingerprint density at radius 3 is 2.41 bits per heavy atom. The van der Waals surface area contributed by atoms with E-state index in [0.29, 0.717) is 22.8 Å². The Morgan fingerprint density at radius 2 is 1.72 bits per heavy atom. The standard InChI is InChI=1S/C24H19N3O4S/c1-24-15-20(19-9-5-6-10-21(19)31-24)25(23(32)26(24)17-7-3-2-4-8-17)22(28)16-11-13-18(14-12-16)27(29)30/h2-14,20H,15H2,1H3. The van der Waals surface area contributed by atoms with E-state index in [-0.39, 0.29) is 17.6 Å². The molecule has 0 spiro atoms. The molecule has 0 aromatic heterocycles. The van der Waals surface area contributed by atoms with Crippen LogP contribution in [0.2, 0.25) is 0 Å². The fourth-order valence-electron chi connectivity index (χ4n) is 4.46. The lowest BCUT2D eigenvalue weighted by Crippen LogP contribution is -2.67. The number of thiocarbonyl (C=S) groups is 1. The molecule has 0 radical (unpaired) electrons. The summed E-state index contributed by atoms with van der Waals surface area (Å²) in [4.78, 5) is 27.7. The van der Waals surface area contributed by atoms with Crippen LogP contribution in [0.15, 0.2) is 78.9 Å². The van der Waals surface area contributed by atoms with E-state index in [2.05, 4.69) is 0 Å². The zero-order valence-corrected chi connectivity index (χ0v) is 18.0. The molecule has 2 aliphatic heterocycles. The molecule has 7 nitrogen and oxygen atoms in total. The van der Waals surface area contributed by atoms with E-state index in [1.54, 1.807) is 4.90 Å². The highest BCUT2D eigenvalue weighted by molar-refractivity contribution is 7.80. The molecule has 2 unspecified atom stereocenters. The molecule has 2 bridgehead atoms. The van der Waals surface area contributed by atoms with Crippen LogP contribution in [0.5, 0.6) is 5.75 Å². The number of para-hydroxylation sites is 2. The minimum Gasteiger partial charge on any atom is -0.467 e. The zero-order valence-electron chi connectivity index (χ0n) is 17.2. The summed E-state index contributed by atoms with van der Waals surface area (Å²) in [7, 11) is 0. The largest absolute Gasteiger partial charge is 0.467 e. The number of ether oxygens (including phenoxy) is 1. The van der Waals surface area contributed by atoms with E-state index >= 15 is 0 Å². The lowest BCUT2D eigenvalue weighted by atomic mass is 9.88. The molecule has 2 aliphatic rings. The molecule has 2 heterocycles. The van der Waals surface area contributed by atoms with Crippen LogP contribution in [0.1, 0.15) is 35.3 Å². The van der Waals surface area contributed by atoms with Gasteiger partial charge >= 0.3 is 0 Å². The molecule has 1 fully saturated rings. The first kappa shape index (κ1) is 20.1. The number of hydrogen-bond acceptors (Lipinski definition) is 5. The Balaban J connectivity index is 1.63. The van der Waals surface area contributed by atoms with Gasteiger partial charge in [-0.05, 0) is 49.5 Å². The summed E-state index contributed by atoms with van der Waals surface area (Å²) in [6, 6.07) is 22.5. The lowest BCUT2D eigenvalue weighted by Gasteiger charge is -2.55.